The number of nitrogens with one attached hydrogen (secondary N) is 2. The molecular weight excluding hydrogens is 354 g/mol. The van der Waals surface area contributed by atoms with Gasteiger partial charge in [0.05, 0.1) is 5.69 Å². The Labute approximate surface area is 141 Å². The summed E-state index contributed by atoms with van der Waals surface area (Å²) in [4.78, 5) is 17.5. The molecule has 0 saturated carbocycles. The van der Waals surface area contributed by atoms with E-state index in [1.165, 1.54) is 4.40 Å². The predicted octanol–water partition coefficient (Wildman–Crippen LogP) is 1.54. The molecule has 0 saturated heterocycles. The number of aromatic nitrogens is 2. The molecule has 1 aromatic carbocycles. The number of nitrogens with zero attached hydrogens (tertiary/aromatic N) is 2. The summed E-state index contributed by atoms with van der Waals surface area (Å²) < 4.78 is 52.2. The molecule has 7 nitrogen and oxygen atoms in total. The van der Waals surface area contributed by atoms with Gasteiger partial charge < -0.3 is 0 Å². The molecule has 0 aliphatic heterocycles. The van der Waals surface area contributed by atoms with Crippen LogP contribution >= 0.6 is 0 Å². The van der Waals surface area contributed by atoms with Gasteiger partial charge in [-0.3, -0.25) is 14.6 Å². The molecular formula is C15H12F2N4O3S. The summed E-state index contributed by atoms with van der Waals surface area (Å²) in [6.45, 7) is 1.59. The third kappa shape index (κ3) is 3.21. The molecule has 0 fully saturated rings. The van der Waals surface area contributed by atoms with Gasteiger partial charge in [0.2, 0.25) is 0 Å². The second kappa shape index (κ2) is 6.22. The lowest BCUT2D eigenvalue weighted by molar-refractivity contribution is 0.0938. The molecule has 2 heterocycles. The van der Waals surface area contributed by atoms with E-state index in [1.807, 2.05) is 5.43 Å². The molecule has 3 aromatic rings. The Kier molecular flexibility index (Phi) is 4.23. The van der Waals surface area contributed by atoms with E-state index in [0.29, 0.717) is 17.4 Å². The number of hydrogen-bond donors (Lipinski definition) is 2. The van der Waals surface area contributed by atoms with Gasteiger partial charge in [-0.25, -0.2) is 22.2 Å². The highest BCUT2D eigenvalue weighted by Crippen LogP contribution is 2.15. The summed E-state index contributed by atoms with van der Waals surface area (Å²) in [6, 6.07) is 7.10. The lowest BCUT2D eigenvalue weighted by atomic mass is 10.3. The molecule has 3 rings (SSSR count). The predicted molar refractivity (Wildman–Crippen MR) is 84.1 cm³/mol. The Hall–Kier alpha value is -2.85. The number of pyridine rings is 1. The maximum absolute atomic E-state index is 13.6. The highest BCUT2D eigenvalue weighted by Gasteiger charge is 2.22. The highest BCUT2D eigenvalue weighted by atomic mass is 32.2. The first kappa shape index (κ1) is 17.0. The SMILES string of the molecule is Cc1nc2ccccn2c1C(=O)NNS(=O)(=O)c1ccc(F)cc1F. The van der Waals surface area contributed by atoms with E-state index in [0.717, 1.165) is 12.1 Å². The zero-order chi connectivity index (χ0) is 18.2. The zero-order valence-corrected chi connectivity index (χ0v) is 13.6. The van der Waals surface area contributed by atoms with Crippen molar-refractivity contribution in [1.29, 1.82) is 0 Å². The smallest absolute Gasteiger partial charge is 0.285 e. The second-order valence-electron chi connectivity index (χ2n) is 5.11. The molecule has 25 heavy (non-hydrogen) atoms. The summed E-state index contributed by atoms with van der Waals surface area (Å²) in [5, 5.41) is 0. The normalized spacial score (nSPS) is 11.6. The number of sulfonamides is 1. The Morgan fingerprint density at radius 3 is 2.68 bits per heavy atom. The van der Waals surface area contributed by atoms with Crippen LogP contribution in [0.1, 0.15) is 16.2 Å². The van der Waals surface area contributed by atoms with Crippen molar-refractivity contribution in [1.82, 2.24) is 19.6 Å². The minimum atomic E-state index is -4.41. The van der Waals surface area contributed by atoms with Gasteiger partial charge in [0.25, 0.3) is 15.9 Å². The highest BCUT2D eigenvalue weighted by molar-refractivity contribution is 7.89. The van der Waals surface area contributed by atoms with E-state index in [9.17, 15) is 22.0 Å². The van der Waals surface area contributed by atoms with Gasteiger partial charge in [0.1, 0.15) is 27.9 Å². The standard InChI is InChI=1S/C15H12F2N4O3S/c1-9-14(21-7-3-2-4-13(21)18-9)15(22)19-20-25(23,24)12-6-5-10(16)8-11(12)17/h2-8,20H,1H3,(H,19,22). The van der Waals surface area contributed by atoms with Crippen molar-refractivity contribution in [2.75, 3.05) is 0 Å². The molecule has 0 aliphatic rings. The first-order valence-electron chi connectivity index (χ1n) is 7.00. The van der Waals surface area contributed by atoms with Crippen molar-refractivity contribution in [3.63, 3.8) is 0 Å². The molecule has 130 valence electrons. The number of aryl methyl sites for hydroxylation is 1. The largest absolute Gasteiger partial charge is 0.295 e. The lowest BCUT2D eigenvalue weighted by Crippen LogP contribution is -2.42. The summed E-state index contributed by atoms with van der Waals surface area (Å²) >= 11 is 0. The van der Waals surface area contributed by atoms with Crippen LogP contribution in [-0.4, -0.2) is 23.7 Å². The summed E-state index contributed by atoms with van der Waals surface area (Å²) in [6.07, 6.45) is 1.60. The summed E-state index contributed by atoms with van der Waals surface area (Å²) in [7, 11) is -4.41. The van der Waals surface area contributed by atoms with Crippen molar-refractivity contribution in [2.45, 2.75) is 11.8 Å². The van der Waals surface area contributed by atoms with E-state index in [2.05, 4.69) is 4.98 Å². The Balaban J connectivity index is 1.85. The van der Waals surface area contributed by atoms with E-state index in [-0.39, 0.29) is 5.69 Å². The Bertz CT molecular complexity index is 1080. The van der Waals surface area contributed by atoms with Crippen LogP contribution in [0, 0.1) is 18.6 Å². The number of amides is 1. The number of benzene rings is 1. The molecule has 0 radical (unpaired) electrons. The van der Waals surface area contributed by atoms with Crippen LogP contribution in [0.3, 0.4) is 0 Å². The minimum absolute atomic E-state index is 0.123. The molecule has 2 aromatic heterocycles. The van der Waals surface area contributed by atoms with E-state index in [1.54, 1.807) is 36.2 Å². The van der Waals surface area contributed by atoms with Gasteiger partial charge in [-0.15, -0.1) is 4.83 Å². The van der Waals surface area contributed by atoms with Gasteiger partial charge in [0.15, 0.2) is 0 Å². The molecule has 1 amide bonds. The third-order valence-electron chi connectivity index (χ3n) is 3.40. The van der Waals surface area contributed by atoms with Crippen LogP contribution in [0.5, 0.6) is 0 Å². The van der Waals surface area contributed by atoms with Crippen LogP contribution in [0.25, 0.3) is 5.65 Å². The zero-order valence-electron chi connectivity index (χ0n) is 12.8. The van der Waals surface area contributed by atoms with Gasteiger partial charge in [-0.05, 0) is 31.2 Å². The van der Waals surface area contributed by atoms with Crippen molar-refractivity contribution in [3.05, 3.63) is 65.6 Å². The Morgan fingerprint density at radius 1 is 1.20 bits per heavy atom. The number of halogens is 2. The van der Waals surface area contributed by atoms with Crippen molar-refractivity contribution in [3.8, 4) is 0 Å². The quantitative estimate of drug-likeness (QED) is 0.685. The second-order valence-corrected chi connectivity index (χ2v) is 6.76. The fourth-order valence-electron chi connectivity index (χ4n) is 2.31. The number of rotatable bonds is 4. The molecule has 0 bridgehead atoms. The average Bonchev–Trinajstić information content (AvgIpc) is 2.88. The number of carbonyl (C=O) groups excluding carboxylic acids is 1. The maximum Gasteiger partial charge on any atom is 0.285 e. The number of fused-ring (bicyclic) bond motifs is 1. The van der Waals surface area contributed by atoms with Crippen LogP contribution in [-0.2, 0) is 10.0 Å². The maximum atomic E-state index is 13.6. The number of carbonyl (C=O) groups is 1. The number of imidazole rings is 1. The molecule has 0 atom stereocenters. The molecule has 10 heteroatoms. The Morgan fingerprint density at radius 2 is 1.96 bits per heavy atom. The number of hydrazine groups is 1. The first-order valence-corrected chi connectivity index (χ1v) is 8.49. The van der Waals surface area contributed by atoms with Crippen molar-refractivity contribution < 1.29 is 22.0 Å². The summed E-state index contributed by atoms with van der Waals surface area (Å²) in [5.74, 6) is -2.96. The minimum Gasteiger partial charge on any atom is -0.295 e. The van der Waals surface area contributed by atoms with Crippen molar-refractivity contribution in [2.24, 2.45) is 0 Å². The fraction of sp³-hybridized carbons (Fsp3) is 0.0667. The number of hydrogen-bond acceptors (Lipinski definition) is 4. The van der Waals surface area contributed by atoms with E-state index >= 15 is 0 Å². The van der Waals surface area contributed by atoms with E-state index in [4.69, 9.17) is 0 Å². The first-order chi connectivity index (χ1) is 11.8. The fourth-order valence-corrected chi connectivity index (χ4v) is 3.21. The summed E-state index contributed by atoms with van der Waals surface area (Å²) in [5.41, 5.74) is 3.02. The van der Waals surface area contributed by atoms with Crippen LogP contribution in [0.15, 0.2) is 47.5 Å². The van der Waals surface area contributed by atoms with Gasteiger partial charge >= 0.3 is 0 Å². The van der Waals surface area contributed by atoms with Gasteiger partial charge in [-0.1, -0.05) is 6.07 Å². The van der Waals surface area contributed by atoms with E-state index < -0.39 is 32.5 Å². The van der Waals surface area contributed by atoms with Crippen LogP contribution < -0.4 is 10.3 Å². The topological polar surface area (TPSA) is 92.6 Å². The molecule has 2 N–H and O–H groups in total. The monoisotopic (exact) mass is 366 g/mol. The molecule has 0 unspecified atom stereocenters. The molecule has 0 spiro atoms. The van der Waals surface area contributed by atoms with Gasteiger partial charge in [0, 0.05) is 12.3 Å². The average molecular weight is 366 g/mol. The molecule has 0 aliphatic carbocycles. The van der Waals surface area contributed by atoms with Crippen LogP contribution in [0.4, 0.5) is 8.78 Å². The van der Waals surface area contributed by atoms with Gasteiger partial charge in [-0.2, -0.15) is 0 Å². The van der Waals surface area contributed by atoms with Crippen molar-refractivity contribution >= 4 is 21.6 Å². The lowest BCUT2D eigenvalue weighted by Gasteiger charge is -2.09. The third-order valence-corrected chi connectivity index (χ3v) is 4.68. The van der Waals surface area contributed by atoms with Crippen LogP contribution in [0.2, 0.25) is 0 Å².